The maximum Gasteiger partial charge on any atom is 0.261 e. The average molecular weight is 430 g/mol. The number of carbonyl (C=O) groups is 1. The Morgan fingerprint density at radius 1 is 1.09 bits per heavy atom. The van der Waals surface area contributed by atoms with Gasteiger partial charge < -0.3 is 10.1 Å². The van der Waals surface area contributed by atoms with Crippen molar-refractivity contribution in [1.82, 2.24) is 20.1 Å². The molecule has 0 radical (unpaired) electrons. The predicted octanol–water partition coefficient (Wildman–Crippen LogP) is 4.37. The zero-order chi connectivity index (χ0) is 22.5. The molecule has 0 saturated carbocycles. The first-order chi connectivity index (χ1) is 15.5. The molecule has 2 aromatic heterocycles. The molecule has 2 heterocycles. The van der Waals surface area contributed by atoms with E-state index in [-0.39, 0.29) is 11.7 Å². The Bertz CT molecular complexity index is 1210. The molecular weight excluding hydrogens is 407 g/mol. The first-order valence-electron chi connectivity index (χ1n) is 10.2. The maximum absolute atomic E-state index is 13.0. The van der Waals surface area contributed by atoms with Gasteiger partial charge in [-0.25, -0.2) is 4.39 Å². The third-order valence-corrected chi connectivity index (χ3v) is 4.98. The largest absolute Gasteiger partial charge is 0.481 e. The normalized spacial score (nSPS) is 11.7. The highest BCUT2D eigenvalue weighted by molar-refractivity contribution is 5.81. The van der Waals surface area contributed by atoms with Gasteiger partial charge in [0.25, 0.3) is 5.91 Å². The van der Waals surface area contributed by atoms with Crippen LogP contribution >= 0.6 is 0 Å². The van der Waals surface area contributed by atoms with Crippen molar-refractivity contribution in [2.75, 3.05) is 0 Å². The zero-order valence-electron chi connectivity index (χ0n) is 17.8. The van der Waals surface area contributed by atoms with Gasteiger partial charge in [0, 0.05) is 43.3 Å². The molecule has 1 atom stereocenters. The molecule has 162 valence electrons. The third-order valence-electron chi connectivity index (χ3n) is 4.98. The van der Waals surface area contributed by atoms with Gasteiger partial charge in [-0.3, -0.25) is 14.5 Å². The lowest BCUT2D eigenvalue weighted by atomic mass is 10.0. The van der Waals surface area contributed by atoms with Crippen LogP contribution in [0, 0.1) is 5.82 Å². The summed E-state index contributed by atoms with van der Waals surface area (Å²) in [6, 6.07) is 17.4. The molecule has 0 aliphatic rings. The minimum Gasteiger partial charge on any atom is -0.481 e. The van der Waals surface area contributed by atoms with E-state index in [0.717, 1.165) is 27.9 Å². The number of ether oxygens (including phenoxy) is 1. The molecular formula is C25H23FN4O2. The summed E-state index contributed by atoms with van der Waals surface area (Å²) < 4.78 is 20.4. The van der Waals surface area contributed by atoms with E-state index in [1.54, 1.807) is 24.0 Å². The van der Waals surface area contributed by atoms with Crippen LogP contribution in [0.25, 0.3) is 22.4 Å². The number of nitrogens with zero attached hydrogens (tertiary/aromatic N) is 3. The van der Waals surface area contributed by atoms with Crippen LogP contribution in [0.15, 0.2) is 79.3 Å². The fourth-order valence-electron chi connectivity index (χ4n) is 3.38. The van der Waals surface area contributed by atoms with Crippen molar-refractivity contribution in [2.45, 2.75) is 19.6 Å². The summed E-state index contributed by atoms with van der Waals surface area (Å²) in [4.78, 5) is 16.5. The minimum absolute atomic E-state index is 0.255. The van der Waals surface area contributed by atoms with Crippen LogP contribution in [0.3, 0.4) is 0 Å². The smallest absolute Gasteiger partial charge is 0.261 e. The maximum atomic E-state index is 13.0. The van der Waals surface area contributed by atoms with Gasteiger partial charge in [-0.2, -0.15) is 5.10 Å². The zero-order valence-corrected chi connectivity index (χ0v) is 17.8. The van der Waals surface area contributed by atoms with Gasteiger partial charge in [0.15, 0.2) is 6.10 Å². The monoisotopic (exact) mass is 430 g/mol. The van der Waals surface area contributed by atoms with Crippen molar-refractivity contribution in [3.8, 4) is 28.1 Å². The van der Waals surface area contributed by atoms with Crippen LogP contribution in [-0.4, -0.2) is 26.8 Å². The van der Waals surface area contributed by atoms with Crippen molar-refractivity contribution in [2.24, 2.45) is 7.05 Å². The summed E-state index contributed by atoms with van der Waals surface area (Å²) in [6.07, 6.45) is 4.78. The summed E-state index contributed by atoms with van der Waals surface area (Å²) in [5.74, 6) is -0.167. The van der Waals surface area contributed by atoms with Crippen LogP contribution in [-0.2, 0) is 18.4 Å². The second kappa shape index (κ2) is 9.43. The van der Waals surface area contributed by atoms with Crippen LogP contribution in [0.2, 0.25) is 0 Å². The second-order valence-corrected chi connectivity index (χ2v) is 7.43. The number of halogens is 1. The van der Waals surface area contributed by atoms with Crippen molar-refractivity contribution >= 4 is 5.91 Å². The van der Waals surface area contributed by atoms with Crippen molar-refractivity contribution in [3.63, 3.8) is 0 Å². The standard InChI is InChI=1S/C25H23FN4O2/c1-17(32-22-8-6-21(26)7-9-22)25(31)28-15-18-4-3-5-20(14-18)24-23(16-30(2)29-24)19-10-12-27-13-11-19/h3-14,16-17H,15H2,1-2H3,(H,28,31)/t17-/m0/s1. The first kappa shape index (κ1) is 21.2. The number of amides is 1. The molecule has 0 aliphatic carbocycles. The number of pyridine rings is 1. The predicted molar refractivity (Wildman–Crippen MR) is 120 cm³/mol. The molecule has 0 spiro atoms. The van der Waals surface area contributed by atoms with Crippen LogP contribution in [0.1, 0.15) is 12.5 Å². The molecule has 2 aromatic carbocycles. The molecule has 0 bridgehead atoms. The highest BCUT2D eigenvalue weighted by atomic mass is 19.1. The molecule has 0 unspecified atom stereocenters. The van der Waals surface area contributed by atoms with Gasteiger partial charge in [-0.1, -0.05) is 18.2 Å². The van der Waals surface area contributed by atoms with E-state index in [0.29, 0.717) is 12.3 Å². The first-order valence-corrected chi connectivity index (χ1v) is 10.2. The van der Waals surface area contributed by atoms with E-state index in [1.165, 1.54) is 24.3 Å². The van der Waals surface area contributed by atoms with E-state index >= 15 is 0 Å². The van der Waals surface area contributed by atoms with E-state index < -0.39 is 6.10 Å². The third kappa shape index (κ3) is 5.00. The van der Waals surface area contributed by atoms with Gasteiger partial charge >= 0.3 is 0 Å². The highest BCUT2D eigenvalue weighted by Crippen LogP contribution is 2.30. The number of aromatic nitrogens is 3. The summed E-state index contributed by atoms with van der Waals surface area (Å²) in [7, 11) is 1.89. The Hall–Kier alpha value is -4.00. The Labute approximate surface area is 185 Å². The Morgan fingerprint density at radius 3 is 2.59 bits per heavy atom. The number of benzene rings is 2. The van der Waals surface area contributed by atoms with Gasteiger partial charge in [-0.05, 0) is 60.5 Å². The number of rotatable bonds is 7. The van der Waals surface area contributed by atoms with Crippen LogP contribution in [0.5, 0.6) is 5.75 Å². The van der Waals surface area contributed by atoms with E-state index in [1.807, 2.05) is 49.6 Å². The molecule has 1 N–H and O–H groups in total. The SMILES string of the molecule is C[C@H](Oc1ccc(F)cc1)C(=O)NCc1cccc(-c2nn(C)cc2-c2ccncc2)c1. The summed E-state index contributed by atoms with van der Waals surface area (Å²) in [6.45, 7) is 2.01. The van der Waals surface area contributed by atoms with Crippen molar-refractivity contribution < 1.29 is 13.9 Å². The van der Waals surface area contributed by atoms with Crippen LogP contribution in [0.4, 0.5) is 4.39 Å². The molecule has 4 aromatic rings. The van der Waals surface area contributed by atoms with Gasteiger partial charge in [0.2, 0.25) is 0 Å². The van der Waals surface area contributed by atoms with Crippen molar-refractivity contribution in [1.29, 1.82) is 0 Å². The average Bonchev–Trinajstić information content (AvgIpc) is 3.21. The lowest BCUT2D eigenvalue weighted by Gasteiger charge is -2.15. The molecule has 0 fully saturated rings. The highest BCUT2D eigenvalue weighted by Gasteiger charge is 2.16. The molecule has 6 nitrogen and oxygen atoms in total. The fraction of sp³-hybridized carbons (Fsp3) is 0.160. The Morgan fingerprint density at radius 2 is 1.84 bits per heavy atom. The van der Waals surface area contributed by atoms with Crippen molar-refractivity contribution in [3.05, 3.63) is 90.6 Å². The van der Waals surface area contributed by atoms with Gasteiger partial charge in [0.1, 0.15) is 17.3 Å². The number of aryl methyl sites for hydroxylation is 1. The molecule has 0 saturated heterocycles. The lowest BCUT2D eigenvalue weighted by Crippen LogP contribution is -2.35. The quantitative estimate of drug-likeness (QED) is 0.473. The molecule has 32 heavy (non-hydrogen) atoms. The Balaban J connectivity index is 1.45. The van der Waals surface area contributed by atoms with Gasteiger partial charge in [-0.15, -0.1) is 0 Å². The summed E-state index contributed by atoms with van der Waals surface area (Å²) >= 11 is 0. The fourth-order valence-corrected chi connectivity index (χ4v) is 3.38. The molecule has 7 heteroatoms. The van der Waals surface area contributed by atoms with Gasteiger partial charge in [0.05, 0.1) is 0 Å². The summed E-state index contributed by atoms with van der Waals surface area (Å²) in [5, 5.41) is 7.53. The molecule has 4 rings (SSSR count). The number of hydrogen-bond acceptors (Lipinski definition) is 4. The Kier molecular flexibility index (Phi) is 6.26. The lowest BCUT2D eigenvalue weighted by molar-refractivity contribution is -0.127. The molecule has 1 amide bonds. The van der Waals surface area contributed by atoms with E-state index in [2.05, 4.69) is 15.4 Å². The van der Waals surface area contributed by atoms with E-state index in [4.69, 9.17) is 4.74 Å². The summed E-state index contributed by atoms with van der Waals surface area (Å²) in [5.41, 5.74) is 4.81. The molecule has 0 aliphatic heterocycles. The number of nitrogens with one attached hydrogen (secondary N) is 1. The topological polar surface area (TPSA) is 69.0 Å². The minimum atomic E-state index is -0.710. The second-order valence-electron chi connectivity index (χ2n) is 7.43. The van der Waals surface area contributed by atoms with E-state index in [9.17, 15) is 9.18 Å². The van der Waals surface area contributed by atoms with Crippen LogP contribution < -0.4 is 10.1 Å². The number of hydrogen-bond donors (Lipinski definition) is 1. The number of carbonyl (C=O) groups excluding carboxylic acids is 1.